The van der Waals surface area contributed by atoms with Gasteiger partial charge >= 0.3 is 5.96 Å². The highest BCUT2D eigenvalue weighted by atomic mass is 16.5. The van der Waals surface area contributed by atoms with E-state index in [1.165, 1.54) is 56.9 Å². The van der Waals surface area contributed by atoms with Gasteiger partial charge in [0, 0.05) is 5.56 Å². The van der Waals surface area contributed by atoms with Crippen molar-refractivity contribution in [1.29, 1.82) is 0 Å². The van der Waals surface area contributed by atoms with Crippen molar-refractivity contribution in [3.05, 3.63) is 35.7 Å². The summed E-state index contributed by atoms with van der Waals surface area (Å²) in [6.45, 7) is 3.84. The van der Waals surface area contributed by atoms with E-state index in [4.69, 9.17) is 16.0 Å². The van der Waals surface area contributed by atoms with Crippen molar-refractivity contribution in [2.45, 2.75) is 77.0 Å². The van der Waals surface area contributed by atoms with Crippen LogP contribution in [0.2, 0.25) is 0 Å². The van der Waals surface area contributed by atoms with Gasteiger partial charge in [-0.2, -0.15) is 4.98 Å². The molecule has 1 saturated heterocycles. The molecule has 2 aromatic rings. The van der Waals surface area contributed by atoms with Gasteiger partial charge in [0.1, 0.15) is 0 Å². The van der Waals surface area contributed by atoms with E-state index in [2.05, 4.69) is 41.3 Å². The number of hydrogen-bond acceptors (Lipinski definition) is 3. The van der Waals surface area contributed by atoms with Gasteiger partial charge in [-0.1, -0.05) is 81.3 Å². The molecule has 1 aliphatic rings. The molecular weight excluding hydrogens is 362 g/mol. The van der Waals surface area contributed by atoms with Gasteiger partial charge in [-0.25, -0.2) is 0 Å². The number of aryl methyl sites for hydroxylation is 1. The molecule has 1 fully saturated rings. The first-order chi connectivity index (χ1) is 14.2. The molecule has 2 heterocycles. The first kappa shape index (κ1) is 21.3. The van der Waals surface area contributed by atoms with Crippen molar-refractivity contribution in [2.75, 3.05) is 13.1 Å². The lowest BCUT2D eigenvalue weighted by Crippen LogP contribution is -2.34. The molecule has 3 rings (SSSR count). The summed E-state index contributed by atoms with van der Waals surface area (Å²) in [6.07, 6.45) is 12.9. The van der Waals surface area contributed by atoms with Crippen molar-refractivity contribution in [2.24, 2.45) is 11.5 Å². The summed E-state index contributed by atoms with van der Waals surface area (Å²) < 4.78 is 7.46. The molecule has 1 aromatic carbocycles. The number of nitrogens with two attached hydrogens (primary N) is 2. The molecule has 1 atom stereocenters. The molecule has 158 valence electrons. The molecule has 0 unspecified atom stereocenters. The van der Waals surface area contributed by atoms with Crippen molar-refractivity contribution < 1.29 is 9.10 Å². The molecule has 0 saturated carbocycles. The number of guanidine groups is 1. The summed E-state index contributed by atoms with van der Waals surface area (Å²) in [6, 6.07) is 8.57. The van der Waals surface area contributed by atoms with Crippen molar-refractivity contribution >= 4 is 5.96 Å². The zero-order valence-corrected chi connectivity index (χ0v) is 17.8. The normalized spacial score (nSPS) is 16.4. The standard InChI is InChI=1S/C23H35N5O/c1-2-3-4-5-6-7-8-9-10-18-11-13-19(14-12-18)21-26-22(29-27-21)20-15-16-28(17-20)23(24)25/h11-14,20H,2-10,15-17H2,1H3,(H3,24,25)/p+1/t20-/m1/s1. The van der Waals surface area contributed by atoms with Crippen LogP contribution in [0, 0.1) is 0 Å². The Hall–Kier alpha value is -2.37. The van der Waals surface area contributed by atoms with Crippen LogP contribution in [0.15, 0.2) is 28.8 Å². The Morgan fingerprint density at radius 3 is 2.38 bits per heavy atom. The number of benzene rings is 1. The second kappa shape index (κ2) is 11.0. The third-order valence-corrected chi connectivity index (χ3v) is 5.88. The highest BCUT2D eigenvalue weighted by Gasteiger charge is 2.29. The number of rotatable bonds is 11. The lowest BCUT2D eigenvalue weighted by Gasteiger charge is -2.03. The van der Waals surface area contributed by atoms with Gasteiger partial charge in [-0.3, -0.25) is 16.0 Å². The zero-order valence-electron chi connectivity index (χ0n) is 17.8. The number of unbranched alkanes of at least 4 members (excludes halogenated alkanes) is 7. The fourth-order valence-corrected chi connectivity index (χ4v) is 4.00. The first-order valence-corrected chi connectivity index (χ1v) is 11.2. The van der Waals surface area contributed by atoms with Crippen molar-refractivity contribution in [1.82, 2.24) is 10.1 Å². The predicted octanol–water partition coefficient (Wildman–Crippen LogP) is 4.19. The van der Waals surface area contributed by atoms with Crippen LogP contribution in [-0.2, 0) is 6.42 Å². The fourth-order valence-electron chi connectivity index (χ4n) is 4.00. The number of hydrogen-bond donors (Lipinski definition) is 2. The Labute approximate surface area is 174 Å². The third-order valence-electron chi connectivity index (χ3n) is 5.88. The van der Waals surface area contributed by atoms with Crippen LogP contribution in [0.3, 0.4) is 0 Å². The van der Waals surface area contributed by atoms with Gasteiger partial charge in [0.2, 0.25) is 11.7 Å². The van der Waals surface area contributed by atoms with Crippen molar-refractivity contribution in [3.8, 4) is 11.4 Å². The SMILES string of the molecule is CCCCCCCCCCc1ccc(-c2noc([C@@H]3CC[N+](=C(N)N)C3)n2)cc1. The zero-order chi connectivity index (χ0) is 20.5. The van der Waals surface area contributed by atoms with Gasteiger partial charge in [0.05, 0.1) is 19.0 Å². The Bertz CT molecular complexity index is 777. The van der Waals surface area contributed by atoms with Crippen LogP contribution in [0.1, 0.15) is 82.1 Å². The van der Waals surface area contributed by atoms with Crippen molar-refractivity contribution in [3.63, 3.8) is 0 Å². The number of nitrogens with zero attached hydrogens (tertiary/aromatic N) is 3. The van der Waals surface area contributed by atoms with Crippen LogP contribution in [0.25, 0.3) is 11.4 Å². The number of aromatic nitrogens is 2. The van der Waals surface area contributed by atoms with E-state index in [-0.39, 0.29) is 5.92 Å². The monoisotopic (exact) mass is 398 g/mol. The fraction of sp³-hybridized carbons (Fsp3) is 0.609. The maximum atomic E-state index is 5.68. The van der Waals surface area contributed by atoms with Crippen LogP contribution in [-0.4, -0.2) is 33.8 Å². The van der Waals surface area contributed by atoms with E-state index < -0.39 is 0 Å². The molecule has 0 amide bonds. The molecule has 4 N–H and O–H groups in total. The average molecular weight is 399 g/mol. The molecule has 0 aliphatic carbocycles. The maximum absolute atomic E-state index is 5.68. The summed E-state index contributed by atoms with van der Waals surface area (Å²) in [5.41, 5.74) is 13.7. The average Bonchev–Trinajstić information content (AvgIpc) is 3.40. The van der Waals surface area contributed by atoms with Gasteiger partial charge in [-0.15, -0.1) is 0 Å². The lowest BCUT2D eigenvalue weighted by atomic mass is 10.0. The Morgan fingerprint density at radius 2 is 1.72 bits per heavy atom. The Morgan fingerprint density at radius 1 is 1.03 bits per heavy atom. The van der Waals surface area contributed by atoms with Crippen LogP contribution >= 0.6 is 0 Å². The van der Waals surface area contributed by atoms with E-state index in [9.17, 15) is 0 Å². The quantitative estimate of drug-likeness (QED) is 0.336. The van der Waals surface area contributed by atoms with E-state index in [0.717, 1.165) is 31.5 Å². The Kier molecular flexibility index (Phi) is 8.08. The lowest BCUT2D eigenvalue weighted by molar-refractivity contribution is -0.509. The molecule has 0 spiro atoms. The minimum absolute atomic E-state index is 0.194. The predicted molar refractivity (Wildman–Crippen MR) is 117 cm³/mol. The van der Waals surface area contributed by atoms with Gasteiger partial charge in [0.25, 0.3) is 0 Å². The highest BCUT2D eigenvalue weighted by Crippen LogP contribution is 2.26. The minimum Gasteiger partial charge on any atom is -0.339 e. The maximum Gasteiger partial charge on any atom is 0.341 e. The molecule has 6 heteroatoms. The summed E-state index contributed by atoms with van der Waals surface area (Å²) in [4.78, 5) is 4.61. The molecule has 0 radical (unpaired) electrons. The van der Waals surface area contributed by atoms with Crippen LogP contribution < -0.4 is 11.5 Å². The van der Waals surface area contributed by atoms with E-state index in [1.807, 2.05) is 4.58 Å². The minimum atomic E-state index is 0.194. The molecular formula is C23H36N5O+. The third kappa shape index (κ3) is 6.31. The highest BCUT2D eigenvalue weighted by molar-refractivity contribution is 5.70. The summed E-state index contributed by atoms with van der Waals surface area (Å²) in [5.74, 6) is 1.88. The topological polar surface area (TPSA) is 94.0 Å². The van der Waals surface area contributed by atoms with Gasteiger partial charge in [-0.05, 0) is 24.8 Å². The summed E-state index contributed by atoms with van der Waals surface area (Å²) in [5, 5.41) is 4.17. The van der Waals surface area contributed by atoms with E-state index in [0.29, 0.717) is 17.7 Å². The van der Waals surface area contributed by atoms with E-state index >= 15 is 0 Å². The first-order valence-electron chi connectivity index (χ1n) is 11.2. The van der Waals surface area contributed by atoms with Gasteiger partial charge < -0.3 is 4.52 Å². The van der Waals surface area contributed by atoms with E-state index in [1.54, 1.807) is 0 Å². The van der Waals surface area contributed by atoms with Crippen LogP contribution in [0.5, 0.6) is 0 Å². The molecule has 1 aromatic heterocycles. The van der Waals surface area contributed by atoms with Crippen LogP contribution in [0.4, 0.5) is 0 Å². The largest absolute Gasteiger partial charge is 0.341 e. The Balaban J connectivity index is 1.44. The summed E-state index contributed by atoms with van der Waals surface area (Å²) >= 11 is 0. The van der Waals surface area contributed by atoms with Gasteiger partial charge in [0.15, 0.2) is 0 Å². The molecule has 6 nitrogen and oxygen atoms in total. The smallest absolute Gasteiger partial charge is 0.339 e. The summed E-state index contributed by atoms with van der Waals surface area (Å²) in [7, 11) is 0. The molecule has 29 heavy (non-hydrogen) atoms. The second-order valence-corrected chi connectivity index (χ2v) is 8.23. The molecule has 0 bridgehead atoms. The molecule has 1 aliphatic heterocycles. The second-order valence-electron chi connectivity index (χ2n) is 8.23.